The Morgan fingerprint density at radius 3 is 2.55 bits per heavy atom. The summed E-state index contributed by atoms with van der Waals surface area (Å²) in [5, 5.41) is 5.70. The number of carbonyl (C=O) groups excluding carboxylic acids is 2. The zero-order chi connectivity index (χ0) is 23.3. The van der Waals surface area contributed by atoms with E-state index in [9.17, 15) is 9.59 Å². The summed E-state index contributed by atoms with van der Waals surface area (Å²) < 4.78 is 11.3. The number of hydrogen-bond donors (Lipinski definition) is 2. The van der Waals surface area contributed by atoms with E-state index in [0.717, 1.165) is 49.5 Å². The topological polar surface area (TPSA) is 79.9 Å². The van der Waals surface area contributed by atoms with Crippen LogP contribution in [0.5, 0.6) is 5.75 Å². The largest absolute Gasteiger partial charge is 0.492 e. The van der Waals surface area contributed by atoms with Crippen LogP contribution in [0.1, 0.15) is 30.4 Å². The molecule has 0 unspecified atom stereocenters. The molecular formula is C26H35N3O4. The van der Waals surface area contributed by atoms with Crippen molar-refractivity contribution in [1.29, 1.82) is 0 Å². The highest BCUT2D eigenvalue weighted by atomic mass is 16.5. The zero-order valence-electron chi connectivity index (χ0n) is 19.4. The van der Waals surface area contributed by atoms with Crippen molar-refractivity contribution in [3.8, 4) is 5.75 Å². The van der Waals surface area contributed by atoms with Gasteiger partial charge in [-0.15, -0.1) is 0 Å². The minimum atomic E-state index is -0.0978. The van der Waals surface area contributed by atoms with Gasteiger partial charge in [0, 0.05) is 45.3 Å². The highest BCUT2D eigenvalue weighted by Crippen LogP contribution is 2.15. The molecule has 1 heterocycles. The van der Waals surface area contributed by atoms with Gasteiger partial charge in [0.25, 0.3) is 0 Å². The minimum absolute atomic E-state index is 0.0821. The Balaban J connectivity index is 1.30. The van der Waals surface area contributed by atoms with Crippen LogP contribution in [-0.4, -0.2) is 62.7 Å². The number of benzene rings is 2. The predicted octanol–water partition coefficient (Wildman–Crippen LogP) is 2.54. The molecule has 1 aliphatic rings. The van der Waals surface area contributed by atoms with Crippen molar-refractivity contribution >= 4 is 11.8 Å². The Morgan fingerprint density at radius 1 is 1.00 bits per heavy atom. The van der Waals surface area contributed by atoms with Gasteiger partial charge >= 0.3 is 0 Å². The first-order chi connectivity index (χ1) is 16.1. The summed E-state index contributed by atoms with van der Waals surface area (Å²) in [6.07, 6.45) is 2.71. The van der Waals surface area contributed by atoms with Gasteiger partial charge in [0.15, 0.2) is 0 Å². The molecule has 7 nitrogen and oxygen atoms in total. The van der Waals surface area contributed by atoms with Gasteiger partial charge in [-0.25, -0.2) is 0 Å². The van der Waals surface area contributed by atoms with Crippen molar-refractivity contribution < 1.29 is 19.1 Å². The Kier molecular flexibility index (Phi) is 10.2. The van der Waals surface area contributed by atoms with Gasteiger partial charge in [0.05, 0.1) is 6.42 Å². The van der Waals surface area contributed by atoms with Gasteiger partial charge in [-0.05, 0) is 43.1 Å². The van der Waals surface area contributed by atoms with Crippen LogP contribution in [0.15, 0.2) is 54.6 Å². The van der Waals surface area contributed by atoms with Crippen LogP contribution < -0.4 is 15.4 Å². The molecule has 0 aromatic heterocycles. The molecule has 0 aliphatic carbocycles. The lowest BCUT2D eigenvalue weighted by Crippen LogP contribution is -2.38. The average molecular weight is 454 g/mol. The van der Waals surface area contributed by atoms with E-state index >= 15 is 0 Å². The highest BCUT2D eigenvalue weighted by molar-refractivity contribution is 5.80. The molecule has 2 N–H and O–H groups in total. The summed E-state index contributed by atoms with van der Waals surface area (Å²) in [4.78, 5) is 26.4. The molecule has 1 saturated heterocycles. The molecule has 3 rings (SSSR count). The second kappa shape index (κ2) is 13.6. The molecule has 0 radical (unpaired) electrons. The van der Waals surface area contributed by atoms with E-state index in [-0.39, 0.29) is 18.2 Å². The number of amides is 2. The highest BCUT2D eigenvalue weighted by Gasteiger charge is 2.18. The van der Waals surface area contributed by atoms with Crippen LogP contribution >= 0.6 is 0 Å². The van der Waals surface area contributed by atoms with Crippen LogP contribution in [0.3, 0.4) is 0 Å². The van der Waals surface area contributed by atoms with E-state index in [0.29, 0.717) is 32.2 Å². The van der Waals surface area contributed by atoms with Gasteiger partial charge < -0.3 is 20.1 Å². The first kappa shape index (κ1) is 24.7. The van der Waals surface area contributed by atoms with E-state index in [1.54, 1.807) is 0 Å². The normalized spacial score (nSPS) is 14.1. The zero-order valence-corrected chi connectivity index (χ0v) is 19.4. The van der Waals surface area contributed by atoms with Gasteiger partial charge in [-0.2, -0.15) is 0 Å². The molecule has 2 aromatic carbocycles. The van der Waals surface area contributed by atoms with Crippen LogP contribution in [0.2, 0.25) is 0 Å². The second-order valence-corrected chi connectivity index (χ2v) is 8.36. The Labute approximate surface area is 196 Å². The first-order valence-corrected chi connectivity index (χ1v) is 11.7. The SMILES string of the molecule is CN(CCOc1cccc(CNC(=O)CCNC(=O)Cc2ccccc2)c1)C1CCOCC1. The number of ether oxygens (including phenoxy) is 2. The molecule has 33 heavy (non-hydrogen) atoms. The Hall–Kier alpha value is -2.90. The van der Waals surface area contributed by atoms with Crippen molar-refractivity contribution in [1.82, 2.24) is 15.5 Å². The number of rotatable bonds is 12. The van der Waals surface area contributed by atoms with Crippen molar-refractivity contribution in [2.45, 2.75) is 38.3 Å². The summed E-state index contributed by atoms with van der Waals surface area (Å²) in [5.41, 5.74) is 1.93. The molecule has 1 aliphatic heterocycles. The van der Waals surface area contributed by atoms with Crippen LogP contribution in [0, 0.1) is 0 Å². The molecule has 2 aromatic rings. The van der Waals surface area contributed by atoms with Crippen LogP contribution in [0.25, 0.3) is 0 Å². The fourth-order valence-corrected chi connectivity index (χ4v) is 3.81. The summed E-state index contributed by atoms with van der Waals surface area (Å²) in [6.45, 7) is 3.90. The summed E-state index contributed by atoms with van der Waals surface area (Å²) in [7, 11) is 2.13. The van der Waals surface area contributed by atoms with Gasteiger partial charge in [0.2, 0.25) is 11.8 Å². The lowest BCUT2D eigenvalue weighted by molar-refractivity contribution is -0.122. The van der Waals surface area contributed by atoms with Crippen molar-refractivity contribution in [2.24, 2.45) is 0 Å². The van der Waals surface area contributed by atoms with Crippen LogP contribution in [-0.2, 0) is 27.3 Å². The molecule has 1 fully saturated rings. The van der Waals surface area contributed by atoms with Crippen molar-refractivity contribution in [3.63, 3.8) is 0 Å². The molecule has 2 amide bonds. The van der Waals surface area contributed by atoms with Gasteiger partial charge in [-0.1, -0.05) is 42.5 Å². The lowest BCUT2D eigenvalue weighted by Gasteiger charge is -2.31. The number of hydrogen-bond acceptors (Lipinski definition) is 5. The van der Waals surface area contributed by atoms with E-state index in [2.05, 4.69) is 22.6 Å². The Bertz CT molecular complexity index is 869. The first-order valence-electron chi connectivity index (χ1n) is 11.7. The number of carbonyl (C=O) groups is 2. The number of likely N-dealkylation sites (N-methyl/N-ethyl adjacent to an activating group) is 1. The van der Waals surface area contributed by atoms with Gasteiger partial charge in [0.1, 0.15) is 12.4 Å². The average Bonchev–Trinajstić information content (AvgIpc) is 2.84. The fraction of sp³-hybridized carbons (Fsp3) is 0.462. The Morgan fingerprint density at radius 2 is 1.76 bits per heavy atom. The number of nitrogens with one attached hydrogen (secondary N) is 2. The molecule has 0 spiro atoms. The maximum absolute atomic E-state index is 12.1. The van der Waals surface area contributed by atoms with E-state index in [4.69, 9.17) is 9.47 Å². The quantitative estimate of drug-likeness (QED) is 0.516. The van der Waals surface area contributed by atoms with Crippen LogP contribution in [0.4, 0.5) is 0 Å². The summed E-state index contributed by atoms with van der Waals surface area (Å²) in [5.74, 6) is 0.621. The second-order valence-electron chi connectivity index (χ2n) is 8.36. The number of nitrogens with zero attached hydrogens (tertiary/aromatic N) is 1. The summed E-state index contributed by atoms with van der Waals surface area (Å²) >= 11 is 0. The monoisotopic (exact) mass is 453 g/mol. The van der Waals surface area contributed by atoms with Crippen molar-refractivity contribution in [2.75, 3.05) is 40.0 Å². The molecule has 0 bridgehead atoms. The summed E-state index contributed by atoms with van der Waals surface area (Å²) in [6, 6.07) is 17.9. The van der Waals surface area contributed by atoms with E-state index in [1.807, 2.05) is 54.6 Å². The fourth-order valence-electron chi connectivity index (χ4n) is 3.81. The van der Waals surface area contributed by atoms with E-state index in [1.165, 1.54) is 0 Å². The molecule has 178 valence electrons. The van der Waals surface area contributed by atoms with Crippen molar-refractivity contribution in [3.05, 3.63) is 65.7 Å². The van der Waals surface area contributed by atoms with Gasteiger partial charge in [-0.3, -0.25) is 14.5 Å². The third-order valence-electron chi connectivity index (χ3n) is 5.80. The molecule has 7 heteroatoms. The predicted molar refractivity (Wildman–Crippen MR) is 128 cm³/mol. The maximum atomic E-state index is 12.1. The lowest BCUT2D eigenvalue weighted by atomic mass is 10.1. The minimum Gasteiger partial charge on any atom is -0.492 e. The molecule has 0 atom stereocenters. The third kappa shape index (κ3) is 9.24. The maximum Gasteiger partial charge on any atom is 0.224 e. The standard InChI is InChI=1S/C26H35N3O4/c1-29(23-11-15-32-16-12-23)14-17-33-24-9-5-8-22(18-24)20-28-25(30)10-13-27-26(31)19-21-6-3-2-4-7-21/h2-9,18,23H,10-17,19-20H2,1H3,(H,27,31)(H,28,30). The third-order valence-corrected chi connectivity index (χ3v) is 5.80. The smallest absolute Gasteiger partial charge is 0.224 e. The molecular weight excluding hydrogens is 418 g/mol. The van der Waals surface area contributed by atoms with E-state index < -0.39 is 0 Å². The molecule has 0 saturated carbocycles.